The van der Waals surface area contributed by atoms with E-state index in [1.165, 1.54) is 19.4 Å². The molecular weight excluding hydrogens is 298 g/mol. The molecule has 24 heavy (non-hydrogen) atoms. The van der Waals surface area contributed by atoms with Crippen LogP contribution in [0.4, 0.5) is 0 Å². The summed E-state index contributed by atoms with van der Waals surface area (Å²) in [6, 6.07) is 12.8. The van der Waals surface area contributed by atoms with Crippen molar-refractivity contribution < 1.29 is 4.79 Å². The second-order valence-electron chi connectivity index (χ2n) is 6.94. The molecule has 1 aromatic heterocycles. The molecule has 0 saturated carbocycles. The van der Waals surface area contributed by atoms with E-state index in [0.717, 1.165) is 36.8 Å². The first kappa shape index (κ1) is 15.6. The maximum atomic E-state index is 13.1. The SMILES string of the molecule is CCN1CCC[C@H]1[C@@H]1CCCN1C(=O)c1ccc2ccccc2n1. The molecule has 1 amide bonds. The molecule has 4 heteroatoms. The minimum Gasteiger partial charge on any atom is -0.333 e. The highest BCUT2D eigenvalue weighted by Gasteiger charge is 2.39. The van der Waals surface area contributed by atoms with Crippen molar-refractivity contribution in [1.82, 2.24) is 14.8 Å². The van der Waals surface area contributed by atoms with Crippen LogP contribution in [0, 0.1) is 0 Å². The van der Waals surface area contributed by atoms with Crippen LogP contribution in [0.1, 0.15) is 43.1 Å². The molecule has 3 heterocycles. The Morgan fingerprint density at radius 2 is 1.88 bits per heavy atom. The van der Waals surface area contributed by atoms with Gasteiger partial charge in [-0.2, -0.15) is 0 Å². The normalized spacial score (nSPS) is 24.8. The summed E-state index contributed by atoms with van der Waals surface area (Å²) in [6.07, 6.45) is 4.71. The van der Waals surface area contributed by atoms with Gasteiger partial charge in [-0.1, -0.05) is 31.2 Å². The van der Waals surface area contributed by atoms with Crippen LogP contribution in [0.25, 0.3) is 10.9 Å². The molecule has 2 aliphatic heterocycles. The molecule has 0 spiro atoms. The highest BCUT2D eigenvalue weighted by Crippen LogP contribution is 2.30. The van der Waals surface area contributed by atoms with Crippen LogP contribution in [0.3, 0.4) is 0 Å². The van der Waals surface area contributed by atoms with Crippen LogP contribution in [-0.4, -0.2) is 52.4 Å². The molecule has 2 aliphatic rings. The average Bonchev–Trinajstić information content (AvgIpc) is 3.28. The first-order chi connectivity index (χ1) is 11.8. The van der Waals surface area contributed by atoms with Gasteiger partial charge in [0.05, 0.1) is 5.52 Å². The number of rotatable bonds is 3. The number of carbonyl (C=O) groups is 1. The number of pyridine rings is 1. The van der Waals surface area contributed by atoms with E-state index in [1.807, 2.05) is 36.4 Å². The first-order valence-electron chi connectivity index (χ1n) is 9.18. The highest BCUT2D eigenvalue weighted by atomic mass is 16.2. The van der Waals surface area contributed by atoms with Crippen LogP contribution < -0.4 is 0 Å². The van der Waals surface area contributed by atoms with Crippen molar-refractivity contribution in [2.75, 3.05) is 19.6 Å². The Balaban J connectivity index is 1.60. The number of fused-ring (bicyclic) bond motifs is 1. The fourth-order valence-electron chi connectivity index (χ4n) is 4.46. The number of likely N-dealkylation sites (N-methyl/N-ethyl adjacent to an activating group) is 1. The molecule has 0 unspecified atom stereocenters. The third kappa shape index (κ3) is 2.69. The smallest absolute Gasteiger partial charge is 0.272 e. The van der Waals surface area contributed by atoms with Crippen molar-refractivity contribution in [3.63, 3.8) is 0 Å². The number of likely N-dealkylation sites (tertiary alicyclic amines) is 2. The fraction of sp³-hybridized carbons (Fsp3) is 0.500. The minimum absolute atomic E-state index is 0.103. The van der Waals surface area contributed by atoms with Crippen LogP contribution in [0.5, 0.6) is 0 Å². The highest BCUT2D eigenvalue weighted by molar-refractivity contribution is 5.95. The topological polar surface area (TPSA) is 36.4 Å². The van der Waals surface area contributed by atoms with E-state index in [0.29, 0.717) is 17.8 Å². The summed E-state index contributed by atoms with van der Waals surface area (Å²) in [5.74, 6) is 0.103. The van der Waals surface area contributed by atoms with Gasteiger partial charge in [0, 0.05) is 24.0 Å². The molecule has 2 atom stereocenters. The zero-order valence-corrected chi connectivity index (χ0v) is 14.3. The van der Waals surface area contributed by atoms with Crippen molar-refractivity contribution in [2.45, 2.75) is 44.7 Å². The summed E-state index contributed by atoms with van der Waals surface area (Å²) in [5, 5.41) is 1.08. The zero-order chi connectivity index (χ0) is 16.5. The van der Waals surface area contributed by atoms with E-state index in [9.17, 15) is 4.79 Å². The van der Waals surface area contributed by atoms with Gasteiger partial charge in [0.1, 0.15) is 5.69 Å². The van der Waals surface area contributed by atoms with E-state index < -0.39 is 0 Å². The van der Waals surface area contributed by atoms with Crippen LogP contribution in [0.15, 0.2) is 36.4 Å². The molecule has 2 saturated heterocycles. The van der Waals surface area contributed by atoms with Gasteiger partial charge in [-0.3, -0.25) is 9.69 Å². The lowest BCUT2D eigenvalue weighted by atomic mass is 10.0. The van der Waals surface area contributed by atoms with E-state index in [1.54, 1.807) is 0 Å². The fourth-order valence-corrected chi connectivity index (χ4v) is 4.46. The van der Waals surface area contributed by atoms with E-state index in [2.05, 4.69) is 21.7 Å². The summed E-state index contributed by atoms with van der Waals surface area (Å²) in [5.41, 5.74) is 1.48. The Hall–Kier alpha value is -1.94. The van der Waals surface area contributed by atoms with Crippen molar-refractivity contribution >= 4 is 16.8 Å². The van der Waals surface area contributed by atoms with Gasteiger partial charge in [0.15, 0.2) is 0 Å². The second-order valence-corrected chi connectivity index (χ2v) is 6.94. The molecule has 4 nitrogen and oxygen atoms in total. The molecule has 1 aromatic carbocycles. The molecule has 2 fully saturated rings. The molecule has 0 bridgehead atoms. The average molecular weight is 323 g/mol. The van der Waals surface area contributed by atoms with Crippen molar-refractivity contribution in [2.24, 2.45) is 0 Å². The van der Waals surface area contributed by atoms with Crippen molar-refractivity contribution in [3.8, 4) is 0 Å². The van der Waals surface area contributed by atoms with Crippen molar-refractivity contribution in [3.05, 3.63) is 42.1 Å². The molecule has 4 rings (SSSR count). The van der Waals surface area contributed by atoms with Gasteiger partial charge >= 0.3 is 0 Å². The number of para-hydroxylation sites is 1. The number of hydrogen-bond acceptors (Lipinski definition) is 3. The molecule has 0 N–H and O–H groups in total. The van der Waals surface area contributed by atoms with Crippen molar-refractivity contribution in [1.29, 1.82) is 0 Å². The lowest BCUT2D eigenvalue weighted by Crippen LogP contribution is -2.48. The number of hydrogen-bond donors (Lipinski definition) is 0. The molecule has 0 radical (unpaired) electrons. The Bertz CT molecular complexity index is 744. The molecule has 2 aromatic rings. The summed E-state index contributed by atoms with van der Waals surface area (Å²) >= 11 is 0. The quantitative estimate of drug-likeness (QED) is 0.869. The zero-order valence-electron chi connectivity index (χ0n) is 14.3. The van der Waals surface area contributed by atoms with Crippen LogP contribution in [-0.2, 0) is 0 Å². The summed E-state index contributed by atoms with van der Waals surface area (Å²) < 4.78 is 0. The summed E-state index contributed by atoms with van der Waals surface area (Å²) in [4.78, 5) is 22.4. The van der Waals surface area contributed by atoms with E-state index in [4.69, 9.17) is 0 Å². The van der Waals surface area contributed by atoms with Gasteiger partial charge in [-0.15, -0.1) is 0 Å². The number of amides is 1. The molecular formula is C20H25N3O. The number of aromatic nitrogens is 1. The monoisotopic (exact) mass is 323 g/mol. The van der Waals surface area contributed by atoms with E-state index >= 15 is 0 Å². The summed E-state index contributed by atoms with van der Waals surface area (Å²) in [6.45, 7) is 5.35. The van der Waals surface area contributed by atoms with Gasteiger partial charge in [0.25, 0.3) is 5.91 Å². The standard InChI is InChI=1S/C20H25N3O/c1-2-22-13-5-9-18(22)19-10-6-14-23(19)20(24)17-12-11-15-7-3-4-8-16(15)21-17/h3-4,7-8,11-12,18-19H,2,5-6,9-10,13-14H2,1H3/t18-,19-/m0/s1. The Kier molecular flexibility index (Phi) is 4.23. The minimum atomic E-state index is 0.103. The van der Waals surface area contributed by atoms with Gasteiger partial charge < -0.3 is 4.90 Å². The van der Waals surface area contributed by atoms with E-state index in [-0.39, 0.29) is 5.91 Å². The third-order valence-corrected chi connectivity index (χ3v) is 5.64. The Morgan fingerprint density at radius 1 is 1.08 bits per heavy atom. The third-order valence-electron chi connectivity index (χ3n) is 5.64. The second kappa shape index (κ2) is 6.52. The maximum absolute atomic E-state index is 13.1. The Morgan fingerprint density at radius 3 is 2.75 bits per heavy atom. The molecule has 126 valence electrons. The first-order valence-corrected chi connectivity index (χ1v) is 9.18. The maximum Gasteiger partial charge on any atom is 0.272 e. The lowest BCUT2D eigenvalue weighted by molar-refractivity contribution is 0.0644. The summed E-state index contributed by atoms with van der Waals surface area (Å²) in [7, 11) is 0. The number of nitrogens with zero attached hydrogens (tertiary/aromatic N) is 3. The number of benzene rings is 1. The number of carbonyl (C=O) groups excluding carboxylic acids is 1. The predicted octanol–water partition coefficient (Wildman–Crippen LogP) is 3.32. The van der Waals surface area contributed by atoms with Gasteiger partial charge in [-0.25, -0.2) is 4.98 Å². The largest absolute Gasteiger partial charge is 0.333 e. The van der Waals surface area contributed by atoms with Gasteiger partial charge in [-0.05, 0) is 50.9 Å². The Labute approximate surface area is 143 Å². The molecule has 0 aliphatic carbocycles. The van der Waals surface area contributed by atoms with Gasteiger partial charge in [0.2, 0.25) is 0 Å². The predicted molar refractivity (Wildman–Crippen MR) is 96.1 cm³/mol. The van der Waals surface area contributed by atoms with Crippen LogP contribution >= 0.6 is 0 Å². The van der Waals surface area contributed by atoms with Crippen LogP contribution in [0.2, 0.25) is 0 Å². The lowest BCUT2D eigenvalue weighted by Gasteiger charge is -2.34.